The van der Waals surface area contributed by atoms with Gasteiger partial charge in [-0.05, 0) is 37.5 Å². The fourth-order valence-electron chi connectivity index (χ4n) is 2.27. The minimum atomic E-state index is -0.169. The maximum Gasteiger partial charge on any atom is 0.323 e. The van der Waals surface area contributed by atoms with E-state index in [2.05, 4.69) is 5.32 Å². The lowest BCUT2D eigenvalue weighted by Gasteiger charge is -2.14. The van der Waals surface area contributed by atoms with E-state index in [1.807, 2.05) is 31.2 Å². The lowest BCUT2D eigenvalue weighted by molar-refractivity contribution is -0.145. The zero-order chi connectivity index (χ0) is 13.0. The number of ether oxygens (including phenoxy) is 2. The third-order valence-electron chi connectivity index (χ3n) is 3.24. The summed E-state index contributed by atoms with van der Waals surface area (Å²) in [6.07, 6.45) is 1.78. The number of carbonyl (C=O) groups excluding carboxylic acids is 1. The molecule has 0 radical (unpaired) electrons. The monoisotopic (exact) mass is 249 g/mol. The Bertz CT molecular complexity index is 402. The van der Waals surface area contributed by atoms with Crippen LogP contribution in [0.4, 0.5) is 0 Å². The van der Waals surface area contributed by atoms with Crippen molar-refractivity contribution in [3.63, 3.8) is 0 Å². The highest BCUT2D eigenvalue weighted by molar-refractivity contribution is 5.76. The molecule has 98 valence electrons. The summed E-state index contributed by atoms with van der Waals surface area (Å²) >= 11 is 0. The van der Waals surface area contributed by atoms with Crippen LogP contribution >= 0.6 is 0 Å². The van der Waals surface area contributed by atoms with Gasteiger partial charge in [0.05, 0.1) is 13.7 Å². The lowest BCUT2D eigenvalue weighted by atomic mass is 10.1. The molecule has 2 atom stereocenters. The summed E-state index contributed by atoms with van der Waals surface area (Å²) in [7, 11) is 1.65. The summed E-state index contributed by atoms with van der Waals surface area (Å²) in [5.41, 5.74) is 1.18. The van der Waals surface area contributed by atoms with Gasteiger partial charge in [-0.3, -0.25) is 10.1 Å². The Morgan fingerprint density at radius 2 is 2.06 bits per heavy atom. The van der Waals surface area contributed by atoms with Gasteiger partial charge in [-0.15, -0.1) is 0 Å². The molecule has 1 aliphatic heterocycles. The predicted octanol–water partition coefficient (Wildman–Crippen LogP) is 2.05. The van der Waals surface area contributed by atoms with Gasteiger partial charge in [0.1, 0.15) is 11.8 Å². The van der Waals surface area contributed by atoms with E-state index < -0.39 is 0 Å². The number of benzene rings is 1. The Kier molecular flexibility index (Phi) is 4.20. The Hall–Kier alpha value is -1.55. The van der Waals surface area contributed by atoms with Crippen molar-refractivity contribution in [2.24, 2.45) is 0 Å². The number of hydrogen-bond acceptors (Lipinski definition) is 4. The van der Waals surface area contributed by atoms with E-state index in [1.54, 1.807) is 7.11 Å². The molecule has 18 heavy (non-hydrogen) atoms. The topological polar surface area (TPSA) is 47.6 Å². The highest BCUT2D eigenvalue weighted by atomic mass is 16.5. The van der Waals surface area contributed by atoms with Crippen molar-refractivity contribution >= 4 is 5.97 Å². The molecule has 0 amide bonds. The molecule has 1 aromatic rings. The first-order valence-corrected chi connectivity index (χ1v) is 6.31. The second kappa shape index (κ2) is 5.87. The molecule has 1 aliphatic rings. The van der Waals surface area contributed by atoms with Crippen molar-refractivity contribution < 1.29 is 14.3 Å². The SMILES string of the molecule is CCOC(=O)[C@@H]1CC[C@@H](c2ccc(OC)cc2)N1. The van der Waals surface area contributed by atoms with Gasteiger partial charge in [-0.25, -0.2) is 0 Å². The molecule has 1 fully saturated rings. The van der Waals surface area contributed by atoms with Crippen molar-refractivity contribution in [3.05, 3.63) is 29.8 Å². The van der Waals surface area contributed by atoms with Gasteiger partial charge in [-0.2, -0.15) is 0 Å². The zero-order valence-electron chi connectivity index (χ0n) is 10.8. The van der Waals surface area contributed by atoms with E-state index in [9.17, 15) is 4.79 Å². The summed E-state index contributed by atoms with van der Waals surface area (Å²) in [6, 6.07) is 8.00. The molecule has 0 unspecified atom stereocenters. The molecule has 1 heterocycles. The second-order valence-corrected chi connectivity index (χ2v) is 4.37. The van der Waals surface area contributed by atoms with Gasteiger partial charge in [-0.1, -0.05) is 12.1 Å². The third kappa shape index (κ3) is 2.82. The van der Waals surface area contributed by atoms with Crippen molar-refractivity contribution in [1.82, 2.24) is 5.32 Å². The highest BCUT2D eigenvalue weighted by Gasteiger charge is 2.30. The largest absolute Gasteiger partial charge is 0.497 e. The summed E-state index contributed by atoms with van der Waals surface area (Å²) in [4.78, 5) is 11.6. The zero-order valence-corrected chi connectivity index (χ0v) is 10.8. The van der Waals surface area contributed by atoms with Crippen LogP contribution in [0.2, 0.25) is 0 Å². The van der Waals surface area contributed by atoms with Crippen LogP contribution < -0.4 is 10.1 Å². The lowest BCUT2D eigenvalue weighted by Crippen LogP contribution is -2.33. The molecule has 0 aliphatic carbocycles. The van der Waals surface area contributed by atoms with Crippen LogP contribution in [0.3, 0.4) is 0 Å². The fraction of sp³-hybridized carbons (Fsp3) is 0.500. The Labute approximate surface area is 107 Å². The van der Waals surface area contributed by atoms with Gasteiger partial charge in [0.15, 0.2) is 0 Å². The van der Waals surface area contributed by atoms with Crippen LogP contribution in [-0.2, 0) is 9.53 Å². The molecule has 4 heteroatoms. The molecule has 2 rings (SSSR count). The maximum atomic E-state index is 11.6. The maximum absolute atomic E-state index is 11.6. The first-order valence-electron chi connectivity index (χ1n) is 6.31. The van der Waals surface area contributed by atoms with E-state index in [0.717, 1.165) is 18.6 Å². The molecular formula is C14H19NO3. The smallest absolute Gasteiger partial charge is 0.323 e. The summed E-state index contributed by atoms with van der Waals surface area (Å²) in [6.45, 7) is 2.26. The minimum absolute atomic E-state index is 0.145. The van der Waals surface area contributed by atoms with Crippen LogP contribution in [0, 0.1) is 0 Å². The average Bonchev–Trinajstić information content (AvgIpc) is 2.89. The highest BCUT2D eigenvalue weighted by Crippen LogP contribution is 2.28. The third-order valence-corrected chi connectivity index (χ3v) is 3.24. The first-order chi connectivity index (χ1) is 8.74. The number of methoxy groups -OCH3 is 1. The van der Waals surface area contributed by atoms with E-state index >= 15 is 0 Å². The summed E-state index contributed by atoms with van der Waals surface area (Å²) in [5.74, 6) is 0.701. The normalized spacial score (nSPS) is 22.8. The van der Waals surface area contributed by atoms with Crippen LogP contribution in [0.15, 0.2) is 24.3 Å². The predicted molar refractivity (Wildman–Crippen MR) is 68.5 cm³/mol. The molecule has 0 spiro atoms. The summed E-state index contributed by atoms with van der Waals surface area (Å²) < 4.78 is 10.2. The van der Waals surface area contributed by atoms with Gasteiger partial charge in [0.2, 0.25) is 0 Å². The number of esters is 1. The van der Waals surface area contributed by atoms with Crippen LogP contribution in [-0.4, -0.2) is 25.7 Å². The summed E-state index contributed by atoms with van der Waals surface area (Å²) in [5, 5.41) is 3.31. The van der Waals surface area contributed by atoms with Crippen molar-refractivity contribution in [2.75, 3.05) is 13.7 Å². The fourth-order valence-corrected chi connectivity index (χ4v) is 2.27. The number of nitrogens with one attached hydrogen (secondary N) is 1. The van der Waals surface area contributed by atoms with Crippen molar-refractivity contribution in [2.45, 2.75) is 31.8 Å². The van der Waals surface area contributed by atoms with Gasteiger partial charge < -0.3 is 9.47 Å². The van der Waals surface area contributed by atoms with E-state index in [4.69, 9.17) is 9.47 Å². The van der Waals surface area contributed by atoms with E-state index in [-0.39, 0.29) is 18.1 Å². The molecule has 4 nitrogen and oxygen atoms in total. The van der Waals surface area contributed by atoms with Crippen LogP contribution in [0.25, 0.3) is 0 Å². The van der Waals surface area contributed by atoms with Crippen LogP contribution in [0.5, 0.6) is 5.75 Å². The van der Waals surface area contributed by atoms with Crippen molar-refractivity contribution in [3.8, 4) is 5.75 Å². The van der Waals surface area contributed by atoms with Gasteiger partial charge >= 0.3 is 5.97 Å². The average molecular weight is 249 g/mol. The Balaban J connectivity index is 1.97. The molecule has 1 aromatic carbocycles. The number of rotatable bonds is 4. The quantitative estimate of drug-likeness (QED) is 0.830. The molecule has 1 saturated heterocycles. The second-order valence-electron chi connectivity index (χ2n) is 4.37. The molecule has 1 N–H and O–H groups in total. The molecular weight excluding hydrogens is 230 g/mol. The number of hydrogen-bond donors (Lipinski definition) is 1. The Morgan fingerprint density at radius 1 is 1.33 bits per heavy atom. The van der Waals surface area contributed by atoms with Gasteiger partial charge in [0, 0.05) is 6.04 Å². The van der Waals surface area contributed by atoms with Gasteiger partial charge in [0.25, 0.3) is 0 Å². The molecule has 0 aromatic heterocycles. The molecule has 0 bridgehead atoms. The standard InChI is InChI=1S/C14H19NO3/c1-3-18-14(16)13-9-8-12(15-13)10-4-6-11(17-2)7-5-10/h4-7,12-13,15H,3,8-9H2,1-2H3/t12-,13-/m0/s1. The van der Waals surface area contributed by atoms with Crippen molar-refractivity contribution in [1.29, 1.82) is 0 Å². The minimum Gasteiger partial charge on any atom is -0.497 e. The van der Waals surface area contributed by atoms with E-state index in [0.29, 0.717) is 6.61 Å². The first kappa shape index (κ1) is 12.9. The number of carbonyl (C=O) groups is 1. The Morgan fingerprint density at radius 3 is 2.67 bits per heavy atom. The van der Waals surface area contributed by atoms with E-state index in [1.165, 1.54) is 5.56 Å². The van der Waals surface area contributed by atoms with Crippen LogP contribution in [0.1, 0.15) is 31.4 Å². The molecule has 0 saturated carbocycles.